The lowest BCUT2D eigenvalue weighted by atomic mass is 10.1. The first kappa shape index (κ1) is 21.1. The van der Waals surface area contributed by atoms with Gasteiger partial charge in [0.15, 0.2) is 0 Å². The Kier molecular flexibility index (Phi) is 7.18. The quantitative estimate of drug-likeness (QED) is 0.650. The van der Waals surface area contributed by atoms with E-state index in [0.29, 0.717) is 5.69 Å². The summed E-state index contributed by atoms with van der Waals surface area (Å²) >= 11 is 0. The van der Waals surface area contributed by atoms with Gasteiger partial charge in [-0.2, -0.15) is 0 Å². The number of piperidine rings is 2. The van der Waals surface area contributed by atoms with Crippen LogP contribution < -0.4 is 4.74 Å². The van der Waals surface area contributed by atoms with Gasteiger partial charge in [-0.05, 0) is 69.5 Å². The summed E-state index contributed by atoms with van der Waals surface area (Å²) in [4.78, 5) is 21.8. The van der Waals surface area contributed by atoms with E-state index in [-0.39, 0.29) is 12.0 Å². The SMILES string of the molecule is COC1CCN(C(=O)c2ccc3cc(OCCCN4CCCCC4)ccc3n2)CC1. The predicted octanol–water partition coefficient (Wildman–Crippen LogP) is 3.74. The number of fused-ring (bicyclic) bond motifs is 1. The van der Waals surface area contributed by atoms with E-state index in [0.717, 1.165) is 62.2 Å². The fourth-order valence-corrected chi connectivity index (χ4v) is 4.43. The molecule has 30 heavy (non-hydrogen) atoms. The number of nitrogens with zero attached hydrogens (tertiary/aromatic N) is 3. The van der Waals surface area contributed by atoms with Crippen molar-refractivity contribution in [3.63, 3.8) is 0 Å². The number of carbonyl (C=O) groups excluding carboxylic acids is 1. The molecule has 6 heteroatoms. The molecule has 0 saturated carbocycles. The second-order valence-corrected chi connectivity index (χ2v) is 8.38. The van der Waals surface area contributed by atoms with Gasteiger partial charge in [0.2, 0.25) is 0 Å². The minimum absolute atomic E-state index is 0.00416. The number of benzene rings is 1. The zero-order chi connectivity index (χ0) is 20.8. The van der Waals surface area contributed by atoms with Gasteiger partial charge in [-0.25, -0.2) is 4.98 Å². The van der Waals surface area contributed by atoms with Crippen LogP contribution in [0.25, 0.3) is 10.9 Å². The van der Waals surface area contributed by atoms with Crippen molar-refractivity contribution in [3.05, 3.63) is 36.0 Å². The average molecular weight is 412 g/mol. The van der Waals surface area contributed by atoms with Gasteiger partial charge in [0.25, 0.3) is 5.91 Å². The summed E-state index contributed by atoms with van der Waals surface area (Å²) in [5.74, 6) is 0.869. The van der Waals surface area contributed by atoms with Crippen LogP contribution in [0.4, 0.5) is 0 Å². The van der Waals surface area contributed by atoms with E-state index < -0.39 is 0 Å². The molecular formula is C24H33N3O3. The molecule has 1 aromatic carbocycles. The molecule has 1 aromatic heterocycles. The molecule has 3 heterocycles. The van der Waals surface area contributed by atoms with Crippen molar-refractivity contribution in [2.24, 2.45) is 0 Å². The lowest BCUT2D eigenvalue weighted by molar-refractivity contribution is 0.0348. The highest BCUT2D eigenvalue weighted by molar-refractivity contribution is 5.95. The summed E-state index contributed by atoms with van der Waals surface area (Å²) in [6, 6.07) is 9.71. The molecule has 0 atom stereocenters. The molecule has 0 aliphatic carbocycles. The van der Waals surface area contributed by atoms with Crippen molar-refractivity contribution in [1.29, 1.82) is 0 Å². The lowest BCUT2D eigenvalue weighted by Crippen LogP contribution is -2.40. The summed E-state index contributed by atoms with van der Waals surface area (Å²) in [6.45, 7) is 5.74. The minimum Gasteiger partial charge on any atom is -0.494 e. The lowest BCUT2D eigenvalue weighted by Gasteiger charge is -2.31. The van der Waals surface area contributed by atoms with Crippen LogP contribution in [0.2, 0.25) is 0 Å². The summed E-state index contributed by atoms with van der Waals surface area (Å²) in [5, 5.41) is 0.998. The summed E-state index contributed by atoms with van der Waals surface area (Å²) < 4.78 is 11.3. The Balaban J connectivity index is 1.31. The van der Waals surface area contributed by atoms with Crippen LogP contribution in [0, 0.1) is 0 Å². The van der Waals surface area contributed by atoms with Crippen LogP contribution >= 0.6 is 0 Å². The maximum absolute atomic E-state index is 12.8. The number of hydrogen-bond donors (Lipinski definition) is 0. The molecule has 0 radical (unpaired) electrons. The van der Waals surface area contributed by atoms with Crippen molar-refractivity contribution in [3.8, 4) is 5.75 Å². The molecule has 2 aliphatic rings. The predicted molar refractivity (Wildman–Crippen MR) is 118 cm³/mol. The van der Waals surface area contributed by atoms with Gasteiger partial charge in [-0.15, -0.1) is 0 Å². The van der Waals surface area contributed by atoms with Crippen molar-refractivity contribution < 1.29 is 14.3 Å². The van der Waals surface area contributed by atoms with Gasteiger partial charge in [0, 0.05) is 32.1 Å². The maximum atomic E-state index is 12.8. The zero-order valence-corrected chi connectivity index (χ0v) is 18.0. The fourth-order valence-electron chi connectivity index (χ4n) is 4.43. The Morgan fingerprint density at radius 2 is 1.87 bits per heavy atom. The first-order valence-electron chi connectivity index (χ1n) is 11.3. The highest BCUT2D eigenvalue weighted by Crippen LogP contribution is 2.22. The van der Waals surface area contributed by atoms with E-state index in [4.69, 9.17) is 9.47 Å². The third-order valence-corrected chi connectivity index (χ3v) is 6.28. The van der Waals surface area contributed by atoms with Gasteiger partial charge in [-0.1, -0.05) is 12.5 Å². The number of methoxy groups -OCH3 is 1. The normalized spacial score (nSPS) is 18.6. The fraction of sp³-hybridized carbons (Fsp3) is 0.583. The minimum atomic E-state index is 0.00416. The Morgan fingerprint density at radius 3 is 2.63 bits per heavy atom. The second-order valence-electron chi connectivity index (χ2n) is 8.38. The number of aromatic nitrogens is 1. The Labute approximate surface area is 179 Å². The van der Waals surface area contributed by atoms with Crippen LogP contribution in [-0.4, -0.2) is 73.2 Å². The zero-order valence-electron chi connectivity index (χ0n) is 18.0. The third-order valence-electron chi connectivity index (χ3n) is 6.28. The Hall–Kier alpha value is -2.18. The number of amides is 1. The van der Waals surface area contributed by atoms with Gasteiger partial charge < -0.3 is 19.3 Å². The highest BCUT2D eigenvalue weighted by Gasteiger charge is 2.24. The number of hydrogen-bond acceptors (Lipinski definition) is 5. The monoisotopic (exact) mass is 411 g/mol. The molecule has 1 amide bonds. The molecular weight excluding hydrogens is 378 g/mol. The molecule has 4 rings (SSSR count). The summed E-state index contributed by atoms with van der Waals surface area (Å²) in [5.41, 5.74) is 1.34. The van der Waals surface area contributed by atoms with Gasteiger partial charge in [0.1, 0.15) is 11.4 Å². The molecule has 2 aromatic rings. The first-order chi connectivity index (χ1) is 14.7. The van der Waals surface area contributed by atoms with E-state index in [1.165, 1.54) is 32.4 Å². The van der Waals surface area contributed by atoms with Crippen LogP contribution in [-0.2, 0) is 4.74 Å². The van der Waals surface area contributed by atoms with E-state index in [2.05, 4.69) is 9.88 Å². The van der Waals surface area contributed by atoms with Gasteiger partial charge in [-0.3, -0.25) is 4.79 Å². The van der Waals surface area contributed by atoms with Crippen molar-refractivity contribution in [1.82, 2.24) is 14.8 Å². The standard InChI is InChI=1S/C24H33N3O3/c1-29-20-10-15-27(16-11-20)24(28)23-8-6-19-18-21(7-9-22(19)25-23)30-17-5-14-26-12-3-2-4-13-26/h6-9,18,20H,2-5,10-17H2,1H3. The topological polar surface area (TPSA) is 54.9 Å². The maximum Gasteiger partial charge on any atom is 0.272 e. The molecule has 0 unspecified atom stereocenters. The summed E-state index contributed by atoms with van der Waals surface area (Å²) in [6.07, 6.45) is 7.10. The molecule has 0 N–H and O–H groups in total. The molecule has 2 fully saturated rings. The average Bonchev–Trinajstić information content (AvgIpc) is 2.81. The second kappa shape index (κ2) is 10.2. The van der Waals surface area contributed by atoms with Crippen molar-refractivity contribution in [2.45, 2.75) is 44.6 Å². The molecule has 6 nitrogen and oxygen atoms in total. The van der Waals surface area contributed by atoms with Crippen LogP contribution in [0.5, 0.6) is 5.75 Å². The van der Waals surface area contributed by atoms with Gasteiger partial charge >= 0.3 is 0 Å². The van der Waals surface area contributed by atoms with E-state index in [1.807, 2.05) is 35.2 Å². The van der Waals surface area contributed by atoms with Crippen LogP contribution in [0.1, 0.15) is 49.0 Å². The van der Waals surface area contributed by atoms with E-state index in [1.54, 1.807) is 7.11 Å². The van der Waals surface area contributed by atoms with Crippen LogP contribution in [0.3, 0.4) is 0 Å². The number of carbonyl (C=O) groups is 1. The number of rotatable bonds is 7. The first-order valence-corrected chi connectivity index (χ1v) is 11.3. The van der Waals surface area contributed by atoms with Gasteiger partial charge in [0.05, 0.1) is 18.2 Å². The number of ether oxygens (including phenoxy) is 2. The van der Waals surface area contributed by atoms with Crippen LogP contribution in [0.15, 0.2) is 30.3 Å². The molecule has 2 aliphatic heterocycles. The third kappa shape index (κ3) is 5.29. The molecule has 162 valence electrons. The van der Waals surface area contributed by atoms with Crippen molar-refractivity contribution in [2.75, 3.05) is 46.4 Å². The smallest absolute Gasteiger partial charge is 0.272 e. The van der Waals surface area contributed by atoms with E-state index >= 15 is 0 Å². The molecule has 0 spiro atoms. The van der Waals surface area contributed by atoms with E-state index in [9.17, 15) is 4.79 Å². The number of pyridine rings is 1. The molecule has 0 bridgehead atoms. The van der Waals surface area contributed by atoms with Crippen molar-refractivity contribution >= 4 is 16.8 Å². The summed E-state index contributed by atoms with van der Waals surface area (Å²) in [7, 11) is 1.74. The molecule has 2 saturated heterocycles. The Morgan fingerprint density at radius 1 is 1.07 bits per heavy atom. The largest absolute Gasteiger partial charge is 0.494 e. The number of likely N-dealkylation sites (tertiary alicyclic amines) is 2. The highest BCUT2D eigenvalue weighted by atomic mass is 16.5. The Bertz CT molecular complexity index is 843.